The molecule has 0 N–H and O–H groups in total. The highest BCUT2D eigenvalue weighted by Crippen LogP contribution is 2.60. The van der Waals surface area contributed by atoms with Crippen LogP contribution in [0.5, 0.6) is 0 Å². The number of ether oxygens (including phenoxy) is 1. The van der Waals surface area contributed by atoms with Gasteiger partial charge in [-0.3, -0.25) is 4.79 Å². The molecule has 0 aliphatic heterocycles. The molecule has 0 saturated heterocycles. The molecular formula is C23H24Cl2O2. The first kappa shape index (κ1) is 20.0. The molecule has 1 aliphatic rings. The zero-order valence-corrected chi connectivity index (χ0v) is 17.6. The van der Waals surface area contributed by atoms with Gasteiger partial charge < -0.3 is 4.74 Å². The van der Waals surface area contributed by atoms with Gasteiger partial charge in [-0.1, -0.05) is 79.5 Å². The zero-order chi connectivity index (χ0) is 19.8. The molecule has 0 spiro atoms. The van der Waals surface area contributed by atoms with Crippen LogP contribution in [-0.2, 0) is 16.1 Å². The monoisotopic (exact) mass is 402 g/mol. The summed E-state index contributed by atoms with van der Waals surface area (Å²) in [6, 6.07) is 14.4. The maximum absolute atomic E-state index is 12.6. The molecule has 0 aromatic heterocycles. The van der Waals surface area contributed by atoms with Gasteiger partial charge in [0.25, 0.3) is 0 Å². The van der Waals surface area contributed by atoms with Crippen LogP contribution >= 0.6 is 23.2 Å². The topological polar surface area (TPSA) is 26.3 Å². The van der Waals surface area contributed by atoms with Gasteiger partial charge in [0.15, 0.2) is 0 Å². The number of aryl methyl sites for hydroxylation is 1. The number of esters is 1. The molecule has 2 atom stereocenters. The number of hydrogen-bond donors (Lipinski definition) is 0. The van der Waals surface area contributed by atoms with Crippen molar-refractivity contribution in [2.24, 2.45) is 17.3 Å². The van der Waals surface area contributed by atoms with Crippen molar-refractivity contribution in [1.29, 1.82) is 0 Å². The van der Waals surface area contributed by atoms with Crippen molar-refractivity contribution in [2.45, 2.75) is 34.3 Å². The third kappa shape index (κ3) is 4.07. The highest BCUT2D eigenvalue weighted by molar-refractivity contribution is 6.55. The Morgan fingerprint density at radius 3 is 2.41 bits per heavy atom. The average Bonchev–Trinajstić information content (AvgIpc) is 3.14. The van der Waals surface area contributed by atoms with Gasteiger partial charge in [-0.2, -0.15) is 0 Å². The van der Waals surface area contributed by atoms with Crippen LogP contribution in [0.15, 0.2) is 53.0 Å². The number of halogens is 2. The second-order valence-corrected chi connectivity index (χ2v) is 8.80. The molecule has 2 aromatic rings. The van der Waals surface area contributed by atoms with Gasteiger partial charge in [0.05, 0.1) is 5.92 Å². The van der Waals surface area contributed by atoms with E-state index in [0.717, 1.165) is 27.8 Å². The molecule has 0 amide bonds. The lowest BCUT2D eigenvalue weighted by Gasteiger charge is -2.15. The first-order chi connectivity index (χ1) is 12.7. The Labute approximate surface area is 171 Å². The molecule has 0 radical (unpaired) electrons. The summed E-state index contributed by atoms with van der Waals surface area (Å²) in [6.45, 7) is 8.46. The highest BCUT2D eigenvalue weighted by atomic mass is 35.5. The van der Waals surface area contributed by atoms with Crippen molar-refractivity contribution in [2.75, 3.05) is 0 Å². The van der Waals surface area contributed by atoms with Gasteiger partial charge in [0.2, 0.25) is 0 Å². The lowest BCUT2D eigenvalue weighted by Crippen LogP contribution is -2.12. The third-order valence-electron chi connectivity index (χ3n) is 5.75. The van der Waals surface area contributed by atoms with Crippen LogP contribution in [0.25, 0.3) is 11.1 Å². The van der Waals surface area contributed by atoms with Gasteiger partial charge in [-0.05, 0) is 59.1 Å². The molecule has 142 valence electrons. The van der Waals surface area contributed by atoms with E-state index in [1.807, 2.05) is 39.0 Å². The third-order valence-corrected chi connectivity index (χ3v) is 6.00. The van der Waals surface area contributed by atoms with Crippen LogP contribution < -0.4 is 0 Å². The van der Waals surface area contributed by atoms with E-state index in [9.17, 15) is 4.79 Å². The number of carbonyl (C=O) groups is 1. The summed E-state index contributed by atoms with van der Waals surface area (Å²) in [5.41, 5.74) is 5.47. The molecular weight excluding hydrogens is 379 g/mol. The number of benzene rings is 2. The molecule has 0 heterocycles. The maximum Gasteiger partial charge on any atom is 0.310 e. The van der Waals surface area contributed by atoms with E-state index in [1.165, 1.54) is 0 Å². The lowest BCUT2D eigenvalue weighted by atomic mass is 9.94. The second-order valence-electron chi connectivity index (χ2n) is 7.79. The molecule has 1 fully saturated rings. The minimum atomic E-state index is -0.206. The summed E-state index contributed by atoms with van der Waals surface area (Å²) in [6.07, 6.45) is 1.74. The summed E-state index contributed by atoms with van der Waals surface area (Å²) in [7, 11) is 0. The van der Waals surface area contributed by atoms with Crippen molar-refractivity contribution in [1.82, 2.24) is 0 Å². The lowest BCUT2D eigenvalue weighted by molar-refractivity contribution is -0.147. The smallest absolute Gasteiger partial charge is 0.310 e. The summed E-state index contributed by atoms with van der Waals surface area (Å²) in [5, 5.41) is 0. The predicted molar refractivity (Wildman–Crippen MR) is 112 cm³/mol. The Bertz CT molecular complexity index is 881. The van der Waals surface area contributed by atoms with E-state index < -0.39 is 0 Å². The largest absolute Gasteiger partial charge is 0.461 e. The van der Waals surface area contributed by atoms with Gasteiger partial charge in [0, 0.05) is 0 Å². The molecule has 4 heteroatoms. The van der Waals surface area contributed by atoms with Crippen molar-refractivity contribution in [3.63, 3.8) is 0 Å². The van der Waals surface area contributed by atoms with E-state index in [0.29, 0.717) is 0 Å². The fourth-order valence-corrected chi connectivity index (χ4v) is 4.12. The molecule has 1 saturated carbocycles. The SMILES string of the molecule is Cc1ccc(-c2ccccc2)c(C)c1COC(=O)[C@@H]1[C@H](C=C(Cl)Cl)C1(C)C. The molecule has 1 aliphatic carbocycles. The molecule has 27 heavy (non-hydrogen) atoms. The van der Waals surface area contributed by atoms with Gasteiger partial charge >= 0.3 is 5.97 Å². The summed E-state index contributed by atoms with van der Waals surface area (Å²) >= 11 is 11.5. The number of hydrogen-bond acceptors (Lipinski definition) is 2. The van der Waals surface area contributed by atoms with Crippen molar-refractivity contribution < 1.29 is 9.53 Å². The van der Waals surface area contributed by atoms with E-state index in [1.54, 1.807) is 6.08 Å². The van der Waals surface area contributed by atoms with Crippen LogP contribution in [0.1, 0.15) is 30.5 Å². The van der Waals surface area contributed by atoms with Crippen LogP contribution in [-0.4, -0.2) is 5.97 Å². The summed E-state index contributed by atoms with van der Waals surface area (Å²) < 4.78 is 5.90. The summed E-state index contributed by atoms with van der Waals surface area (Å²) in [4.78, 5) is 12.6. The fraction of sp³-hybridized carbons (Fsp3) is 0.348. The average molecular weight is 403 g/mol. The normalized spacial score (nSPS) is 20.1. The molecule has 3 rings (SSSR count). The minimum absolute atomic E-state index is 0.0212. The van der Waals surface area contributed by atoms with Crippen LogP contribution in [0, 0.1) is 31.1 Å². The van der Waals surface area contributed by atoms with Crippen LogP contribution in [0.2, 0.25) is 0 Å². The number of rotatable bonds is 5. The van der Waals surface area contributed by atoms with Crippen molar-refractivity contribution >= 4 is 29.2 Å². The number of allylic oxidation sites excluding steroid dienone is 1. The Morgan fingerprint density at radius 2 is 1.78 bits per heavy atom. The van der Waals surface area contributed by atoms with Crippen LogP contribution in [0.3, 0.4) is 0 Å². The van der Waals surface area contributed by atoms with E-state index >= 15 is 0 Å². The first-order valence-electron chi connectivity index (χ1n) is 9.07. The second kappa shape index (κ2) is 7.69. The number of carbonyl (C=O) groups excluding carboxylic acids is 1. The Kier molecular flexibility index (Phi) is 5.69. The van der Waals surface area contributed by atoms with Crippen molar-refractivity contribution in [3.8, 4) is 11.1 Å². The summed E-state index contributed by atoms with van der Waals surface area (Å²) in [5.74, 6) is -0.379. The Hall–Kier alpha value is -1.77. The predicted octanol–water partition coefficient (Wildman–Crippen LogP) is 6.60. The molecule has 0 unspecified atom stereocenters. The Morgan fingerprint density at radius 1 is 1.11 bits per heavy atom. The van der Waals surface area contributed by atoms with E-state index in [2.05, 4.69) is 31.2 Å². The zero-order valence-electron chi connectivity index (χ0n) is 16.1. The van der Waals surface area contributed by atoms with Gasteiger partial charge in [0.1, 0.15) is 11.1 Å². The maximum atomic E-state index is 12.6. The van der Waals surface area contributed by atoms with Crippen molar-refractivity contribution in [3.05, 3.63) is 69.7 Å². The van der Waals surface area contributed by atoms with Gasteiger partial charge in [-0.15, -0.1) is 0 Å². The Balaban J connectivity index is 1.77. The van der Waals surface area contributed by atoms with E-state index in [4.69, 9.17) is 27.9 Å². The fourth-order valence-electron chi connectivity index (χ4n) is 3.85. The standard InChI is InChI=1S/C23H24Cl2O2/c1-14-10-11-17(16-8-6-5-7-9-16)15(2)18(14)13-27-22(26)21-19(12-20(24)25)23(21,3)4/h5-12,19,21H,13H2,1-4H3/t19-,21-/m0/s1. The molecule has 2 nitrogen and oxygen atoms in total. The molecule has 2 aromatic carbocycles. The molecule has 0 bridgehead atoms. The highest BCUT2D eigenvalue weighted by Gasteiger charge is 2.61. The first-order valence-corrected chi connectivity index (χ1v) is 9.83. The van der Waals surface area contributed by atoms with E-state index in [-0.39, 0.29) is 34.3 Å². The van der Waals surface area contributed by atoms with Gasteiger partial charge in [-0.25, -0.2) is 0 Å². The quantitative estimate of drug-likeness (QED) is 0.526. The van der Waals surface area contributed by atoms with Crippen LogP contribution in [0.4, 0.5) is 0 Å². The minimum Gasteiger partial charge on any atom is -0.461 e.